The molecule has 0 aliphatic carbocycles. The molecule has 104 valence electrons. The van der Waals surface area contributed by atoms with Crippen molar-refractivity contribution in [2.75, 3.05) is 0 Å². The van der Waals surface area contributed by atoms with E-state index in [4.69, 9.17) is 22.7 Å². The van der Waals surface area contributed by atoms with Crippen LogP contribution in [0.15, 0.2) is 53.1 Å². The minimum absolute atomic E-state index is 0.214. The van der Waals surface area contributed by atoms with Crippen LogP contribution in [-0.2, 0) is 0 Å². The second kappa shape index (κ2) is 5.75. The smallest absolute Gasteiger partial charge is 0.322 e. The topological polar surface area (TPSA) is 61.0 Å². The Hall–Kier alpha value is -2.05. The third-order valence-electron chi connectivity index (χ3n) is 2.87. The Balaban J connectivity index is 1.92. The van der Waals surface area contributed by atoms with Gasteiger partial charge in [-0.15, -0.1) is 0 Å². The highest BCUT2D eigenvalue weighted by Crippen LogP contribution is 2.26. The Bertz CT molecular complexity index is 838. The normalized spacial score (nSPS) is 10.5. The number of fused-ring (bicyclic) bond motifs is 1. The summed E-state index contributed by atoms with van der Waals surface area (Å²) in [6.07, 6.45) is 1.56. The van der Waals surface area contributed by atoms with E-state index in [0.717, 1.165) is 15.2 Å². The molecule has 0 fully saturated rings. The standard InChI is InChI=1S/C15H10BrN3OS/c16-11-3-1-10-8-12(4-2-9(10)7-11)20-15-18-6-5-13(19-15)14(17)21/h1-8H,(H2,17,21). The highest BCUT2D eigenvalue weighted by atomic mass is 79.9. The van der Waals surface area contributed by atoms with Gasteiger partial charge in [-0.25, -0.2) is 4.98 Å². The molecule has 1 heterocycles. The van der Waals surface area contributed by atoms with Crippen LogP contribution in [0.4, 0.5) is 0 Å². The predicted molar refractivity (Wildman–Crippen MR) is 89.6 cm³/mol. The van der Waals surface area contributed by atoms with Crippen LogP contribution >= 0.6 is 28.1 Å². The van der Waals surface area contributed by atoms with Gasteiger partial charge in [0, 0.05) is 10.7 Å². The summed E-state index contributed by atoms with van der Waals surface area (Å²) < 4.78 is 6.70. The maximum Gasteiger partial charge on any atom is 0.322 e. The van der Waals surface area contributed by atoms with Crippen molar-refractivity contribution in [3.63, 3.8) is 0 Å². The molecule has 0 aliphatic rings. The molecule has 0 aliphatic heterocycles. The van der Waals surface area contributed by atoms with E-state index in [1.165, 1.54) is 0 Å². The summed E-state index contributed by atoms with van der Waals surface area (Å²) in [6, 6.07) is 13.7. The summed E-state index contributed by atoms with van der Waals surface area (Å²) in [5.74, 6) is 0.657. The van der Waals surface area contributed by atoms with Crippen molar-refractivity contribution in [1.82, 2.24) is 9.97 Å². The summed E-state index contributed by atoms with van der Waals surface area (Å²) in [4.78, 5) is 8.42. The van der Waals surface area contributed by atoms with Crippen LogP contribution in [-0.4, -0.2) is 15.0 Å². The molecular formula is C15H10BrN3OS. The van der Waals surface area contributed by atoms with Crippen molar-refractivity contribution >= 4 is 43.9 Å². The molecule has 3 aromatic rings. The third-order valence-corrected chi connectivity index (χ3v) is 3.57. The number of aromatic nitrogens is 2. The molecule has 3 rings (SSSR count). The zero-order chi connectivity index (χ0) is 14.8. The lowest BCUT2D eigenvalue weighted by Crippen LogP contribution is -2.12. The van der Waals surface area contributed by atoms with Crippen LogP contribution in [0.2, 0.25) is 0 Å². The van der Waals surface area contributed by atoms with Crippen molar-refractivity contribution in [3.05, 3.63) is 58.8 Å². The summed E-state index contributed by atoms with van der Waals surface area (Å²) in [5, 5.41) is 2.19. The van der Waals surface area contributed by atoms with Crippen molar-refractivity contribution in [3.8, 4) is 11.8 Å². The molecule has 1 aromatic heterocycles. The summed E-state index contributed by atoms with van der Waals surface area (Å²) in [5.41, 5.74) is 6.03. The third kappa shape index (κ3) is 3.17. The fourth-order valence-electron chi connectivity index (χ4n) is 1.89. The largest absolute Gasteiger partial charge is 0.424 e. The van der Waals surface area contributed by atoms with E-state index in [9.17, 15) is 0 Å². The van der Waals surface area contributed by atoms with Gasteiger partial charge in [0.05, 0.1) is 0 Å². The van der Waals surface area contributed by atoms with E-state index >= 15 is 0 Å². The average Bonchev–Trinajstić information content (AvgIpc) is 2.48. The highest BCUT2D eigenvalue weighted by Gasteiger charge is 2.05. The Labute approximate surface area is 135 Å². The Morgan fingerprint density at radius 3 is 2.67 bits per heavy atom. The number of hydrogen-bond acceptors (Lipinski definition) is 4. The van der Waals surface area contributed by atoms with Crippen LogP contribution < -0.4 is 10.5 Å². The number of ether oxygens (including phenoxy) is 1. The van der Waals surface area contributed by atoms with Gasteiger partial charge in [0.2, 0.25) is 0 Å². The molecular weight excluding hydrogens is 350 g/mol. The molecule has 6 heteroatoms. The van der Waals surface area contributed by atoms with Gasteiger partial charge >= 0.3 is 6.01 Å². The Kier molecular flexibility index (Phi) is 3.81. The van der Waals surface area contributed by atoms with Crippen molar-refractivity contribution < 1.29 is 4.74 Å². The quantitative estimate of drug-likeness (QED) is 0.720. The molecule has 0 radical (unpaired) electrons. The molecule has 4 nitrogen and oxygen atoms in total. The number of rotatable bonds is 3. The molecule has 0 unspecified atom stereocenters. The van der Waals surface area contributed by atoms with Gasteiger partial charge in [0.1, 0.15) is 16.4 Å². The lowest BCUT2D eigenvalue weighted by molar-refractivity contribution is 0.442. The van der Waals surface area contributed by atoms with Crippen LogP contribution in [0.5, 0.6) is 11.8 Å². The zero-order valence-corrected chi connectivity index (χ0v) is 13.2. The maximum absolute atomic E-state index is 5.66. The molecule has 0 saturated carbocycles. The number of benzene rings is 2. The van der Waals surface area contributed by atoms with Crippen LogP contribution in [0.25, 0.3) is 10.8 Å². The fraction of sp³-hybridized carbons (Fsp3) is 0. The summed E-state index contributed by atoms with van der Waals surface area (Å²) in [7, 11) is 0. The fourth-order valence-corrected chi connectivity index (χ4v) is 2.38. The van der Waals surface area contributed by atoms with E-state index < -0.39 is 0 Å². The van der Waals surface area contributed by atoms with Crippen LogP contribution in [0.1, 0.15) is 5.69 Å². The van der Waals surface area contributed by atoms with E-state index in [2.05, 4.69) is 25.9 Å². The molecule has 2 N–H and O–H groups in total. The van der Waals surface area contributed by atoms with Crippen molar-refractivity contribution in [2.24, 2.45) is 5.73 Å². The number of hydrogen-bond donors (Lipinski definition) is 1. The molecule has 2 aromatic carbocycles. The van der Waals surface area contributed by atoms with Crippen molar-refractivity contribution in [1.29, 1.82) is 0 Å². The van der Waals surface area contributed by atoms with E-state index in [0.29, 0.717) is 11.4 Å². The van der Waals surface area contributed by atoms with Crippen molar-refractivity contribution in [2.45, 2.75) is 0 Å². The summed E-state index contributed by atoms with van der Waals surface area (Å²) in [6.45, 7) is 0. The minimum atomic E-state index is 0.214. The van der Waals surface area contributed by atoms with Gasteiger partial charge in [-0.3, -0.25) is 0 Å². The molecule has 0 atom stereocenters. The highest BCUT2D eigenvalue weighted by molar-refractivity contribution is 9.10. The molecule has 21 heavy (non-hydrogen) atoms. The van der Waals surface area contributed by atoms with Gasteiger partial charge in [0.25, 0.3) is 0 Å². The lowest BCUT2D eigenvalue weighted by atomic mass is 10.1. The van der Waals surface area contributed by atoms with Gasteiger partial charge in [-0.05, 0) is 41.1 Å². The van der Waals surface area contributed by atoms with E-state index in [1.54, 1.807) is 12.3 Å². The maximum atomic E-state index is 5.66. The van der Waals surface area contributed by atoms with Crippen LogP contribution in [0.3, 0.4) is 0 Å². The van der Waals surface area contributed by atoms with Gasteiger partial charge < -0.3 is 10.5 Å². The number of nitrogens with zero attached hydrogens (tertiary/aromatic N) is 2. The minimum Gasteiger partial charge on any atom is -0.424 e. The lowest BCUT2D eigenvalue weighted by Gasteiger charge is -2.06. The van der Waals surface area contributed by atoms with E-state index in [1.807, 2.05) is 36.4 Å². The first-order valence-corrected chi connectivity index (χ1v) is 7.32. The second-order valence-corrected chi connectivity index (χ2v) is 5.70. The number of thiocarbonyl (C=S) groups is 1. The first-order chi connectivity index (χ1) is 10.1. The van der Waals surface area contributed by atoms with Gasteiger partial charge in [-0.2, -0.15) is 4.98 Å². The first-order valence-electron chi connectivity index (χ1n) is 6.12. The predicted octanol–water partition coefficient (Wildman–Crippen LogP) is 3.82. The molecule has 0 bridgehead atoms. The molecule has 0 spiro atoms. The zero-order valence-electron chi connectivity index (χ0n) is 10.8. The average molecular weight is 360 g/mol. The first kappa shape index (κ1) is 13.9. The SMILES string of the molecule is NC(=S)c1ccnc(Oc2ccc3cc(Br)ccc3c2)n1. The Morgan fingerprint density at radius 1 is 1.10 bits per heavy atom. The Morgan fingerprint density at radius 2 is 1.86 bits per heavy atom. The number of nitrogens with two attached hydrogens (primary N) is 1. The number of halogens is 1. The monoisotopic (exact) mass is 359 g/mol. The van der Waals surface area contributed by atoms with Crippen LogP contribution in [0, 0.1) is 0 Å². The summed E-state index contributed by atoms with van der Waals surface area (Å²) >= 11 is 8.34. The molecule has 0 amide bonds. The molecule has 0 saturated heterocycles. The second-order valence-electron chi connectivity index (χ2n) is 4.34. The van der Waals surface area contributed by atoms with E-state index in [-0.39, 0.29) is 11.0 Å². The van der Waals surface area contributed by atoms with Gasteiger partial charge in [-0.1, -0.05) is 40.3 Å². The van der Waals surface area contributed by atoms with Gasteiger partial charge in [0.15, 0.2) is 0 Å².